The molecule has 0 aromatic carbocycles. The molecule has 1 fully saturated rings. The van der Waals surface area contributed by atoms with E-state index < -0.39 is 56.1 Å². The number of aliphatic hydroxyl groups is 2. The molecule has 1 aliphatic rings. The summed E-state index contributed by atoms with van der Waals surface area (Å²) in [5, 5.41) is 29.1. The van der Waals surface area contributed by atoms with E-state index in [4.69, 9.17) is 4.74 Å². The monoisotopic (exact) mass is 338 g/mol. The molecule has 0 radical (unpaired) electrons. The normalized spacial score (nSPS) is 28.9. The van der Waals surface area contributed by atoms with E-state index in [1.165, 1.54) is 0 Å². The Kier molecular flexibility index (Phi) is 4.54. The van der Waals surface area contributed by atoms with Crippen molar-refractivity contribution in [1.29, 1.82) is 0 Å². The van der Waals surface area contributed by atoms with E-state index >= 15 is 0 Å². The molecule has 22 heavy (non-hydrogen) atoms. The Balaban J connectivity index is 2.26. The topological polar surface area (TPSA) is 197 Å². The lowest BCUT2D eigenvalue weighted by Crippen LogP contribution is -2.38. The van der Waals surface area contributed by atoms with Gasteiger partial charge >= 0.3 is 5.69 Å². The third kappa shape index (κ3) is 3.44. The minimum absolute atomic E-state index is 0.448. The molecule has 4 atom stereocenters. The molecule has 0 unspecified atom stereocenters. The number of ether oxygens (including phenoxy) is 1. The summed E-state index contributed by atoms with van der Waals surface area (Å²) in [7, 11) is -5.32. The molecule has 1 saturated heterocycles. The van der Waals surface area contributed by atoms with Gasteiger partial charge in [-0.15, -0.1) is 0 Å². The van der Waals surface area contributed by atoms with Gasteiger partial charge in [0.15, 0.2) is 6.23 Å². The zero-order chi connectivity index (χ0) is 16.7. The second-order valence-corrected chi connectivity index (χ2v) is 5.61. The summed E-state index contributed by atoms with van der Waals surface area (Å²) in [6.45, 7) is -0.891. The van der Waals surface area contributed by atoms with Crippen LogP contribution in [0, 0.1) is 0 Å². The molecule has 0 saturated carbocycles. The number of hydrogen-bond donors (Lipinski definition) is 4. The highest BCUT2D eigenvalue weighted by Crippen LogP contribution is 2.33. The minimum atomic E-state index is -5.32. The van der Waals surface area contributed by atoms with E-state index in [9.17, 15) is 39.3 Å². The summed E-state index contributed by atoms with van der Waals surface area (Å²) in [4.78, 5) is 45.2. The first-order valence-corrected chi connectivity index (χ1v) is 7.29. The number of rotatable bonds is 4. The maximum atomic E-state index is 11.6. The molecule has 12 nitrogen and oxygen atoms in total. The lowest BCUT2D eigenvalue weighted by Gasteiger charge is -2.30. The number of nitrogens with zero attached hydrogens (tertiary/aromatic N) is 1. The van der Waals surface area contributed by atoms with Gasteiger partial charge in [-0.05, 0) is 0 Å². The van der Waals surface area contributed by atoms with E-state index in [1.54, 1.807) is 4.98 Å². The summed E-state index contributed by atoms with van der Waals surface area (Å²) in [5.41, 5.74) is -2.02. The molecule has 0 aliphatic carbocycles. The SMILES string of the molecule is O=c1cc(O)n([C@@H]2O[C@H](COP(=O)([O-])[O-])[C@@H](O)[C@H]2O)c(=O)[nH]1. The van der Waals surface area contributed by atoms with Crippen LogP contribution in [0.3, 0.4) is 0 Å². The van der Waals surface area contributed by atoms with Crippen molar-refractivity contribution in [3.8, 4) is 5.88 Å². The van der Waals surface area contributed by atoms with Gasteiger partial charge in [-0.1, -0.05) is 0 Å². The quantitative estimate of drug-likeness (QED) is 0.390. The number of phosphoric ester groups is 1. The Morgan fingerprint density at radius 2 is 2.00 bits per heavy atom. The Morgan fingerprint density at radius 1 is 1.36 bits per heavy atom. The Labute approximate surface area is 121 Å². The third-order valence-corrected chi connectivity index (χ3v) is 3.41. The van der Waals surface area contributed by atoms with Crippen LogP contribution >= 0.6 is 7.82 Å². The van der Waals surface area contributed by atoms with Gasteiger partial charge in [0.25, 0.3) is 5.56 Å². The Bertz CT molecular complexity index is 707. The number of aromatic nitrogens is 2. The molecule has 2 rings (SSSR count). The summed E-state index contributed by atoms with van der Waals surface area (Å²) in [6, 6.07) is 0.636. The van der Waals surface area contributed by atoms with Crippen molar-refractivity contribution in [3.63, 3.8) is 0 Å². The van der Waals surface area contributed by atoms with Crippen molar-refractivity contribution in [2.75, 3.05) is 6.61 Å². The maximum Gasteiger partial charge on any atom is 0.333 e. The smallest absolute Gasteiger partial charge is 0.333 e. The van der Waals surface area contributed by atoms with E-state index in [1.807, 2.05) is 0 Å². The van der Waals surface area contributed by atoms with Crippen LogP contribution in [0.15, 0.2) is 15.7 Å². The number of aliphatic hydroxyl groups excluding tert-OH is 2. The molecular weight excluding hydrogens is 327 g/mol. The highest BCUT2D eigenvalue weighted by atomic mass is 31.2. The highest BCUT2D eigenvalue weighted by Gasteiger charge is 2.45. The van der Waals surface area contributed by atoms with Gasteiger partial charge in [-0.3, -0.25) is 9.78 Å². The van der Waals surface area contributed by atoms with Gasteiger partial charge in [0, 0.05) is 0 Å². The summed E-state index contributed by atoms with van der Waals surface area (Å²) < 4.78 is 19.8. The van der Waals surface area contributed by atoms with Crippen molar-refractivity contribution < 1.29 is 38.9 Å². The molecule has 2 heterocycles. The lowest BCUT2D eigenvalue weighted by atomic mass is 10.1. The van der Waals surface area contributed by atoms with E-state index in [-0.39, 0.29) is 0 Å². The lowest BCUT2D eigenvalue weighted by molar-refractivity contribution is -0.343. The Morgan fingerprint density at radius 3 is 2.55 bits per heavy atom. The largest absolute Gasteiger partial charge is 0.790 e. The standard InChI is InChI=1S/C9H13N2O10P/c12-4-1-5(13)11(9(16)10-4)8-7(15)6(14)3(21-8)2-20-22(17,18)19/h1,3,6-8,13-15H,2H2,(H,10,12,16)(H2,17,18,19)/p-2/t3-,6-,7-,8-/m1/s1. The zero-order valence-corrected chi connectivity index (χ0v) is 11.6. The average Bonchev–Trinajstić information content (AvgIpc) is 2.63. The van der Waals surface area contributed by atoms with Crippen molar-refractivity contribution in [1.82, 2.24) is 9.55 Å². The molecule has 4 N–H and O–H groups in total. The predicted octanol–water partition coefficient (Wildman–Crippen LogP) is -4.29. The summed E-state index contributed by atoms with van der Waals surface area (Å²) >= 11 is 0. The fourth-order valence-corrected chi connectivity index (χ4v) is 2.31. The average molecular weight is 338 g/mol. The van der Waals surface area contributed by atoms with Crippen molar-refractivity contribution >= 4 is 7.82 Å². The van der Waals surface area contributed by atoms with Crippen molar-refractivity contribution in [3.05, 3.63) is 26.9 Å². The molecule has 0 amide bonds. The van der Waals surface area contributed by atoms with Crippen molar-refractivity contribution in [2.45, 2.75) is 24.5 Å². The number of phosphoric acid groups is 1. The summed E-state index contributed by atoms with van der Waals surface area (Å²) in [5.74, 6) is -0.843. The first kappa shape index (κ1) is 16.8. The van der Waals surface area contributed by atoms with Crippen LogP contribution in [0.5, 0.6) is 5.88 Å². The third-order valence-electron chi connectivity index (χ3n) is 2.94. The molecule has 1 aromatic heterocycles. The zero-order valence-electron chi connectivity index (χ0n) is 10.7. The van der Waals surface area contributed by atoms with Crippen LogP contribution in [-0.4, -0.2) is 49.8 Å². The summed E-state index contributed by atoms with van der Waals surface area (Å²) in [6.07, 6.45) is -6.52. The maximum absolute atomic E-state index is 11.6. The van der Waals surface area contributed by atoms with E-state index in [0.717, 1.165) is 0 Å². The second-order valence-electron chi connectivity index (χ2n) is 4.46. The van der Waals surface area contributed by atoms with Crippen LogP contribution in [0.4, 0.5) is 0 Å². The number of nitrogens with one attached hydrogen (secondary N) is 1. The Hall–Kier alpha value is -1.53. The van der Waals surface area contributed by atoms with Gasteiger partial charge in [-0.25, -0.2) is 9.36 Å². The number of aromatic amines is 1. The van der Waals surface area contributed by atoms with Crippen LogP contribution in [0.2, 0.25) is 0 Å². The van der Waals surface area contributed by atoms with Gasteiger partial charge in [0.2, 0.25) is 5.88 Å². The predicted molar refractivity (Wildman–Crippen MR) is 62.5 cm³/mol. The molecule has 13 heteroatoms. The molecule has 124 valence electrons. The minimum Gasteiger partial charge on any atom is -0.790 e. The molecule has 0 spiro atoms. The number of H-pyrrole nitrogens is 1. The fourth-order valence-electron chi connectivity index (χ4n) is 1.98. The van der Waals surface area contributed by atoms with Crippen molar-refractivity contribution in [2.24, 2.45) is 0 Å². The van der Waals surface area contributed by atoms with Gasteiger partial charge in [0.1, 0.15) is 18.3 Å². The van der Waals surface area contributed by atoms with Crippen LogP contribution in [0.25, 0.3) is 0 Å². The van der Waals surface area contributed by atoms with Gasteiger partial charge < -0.3 is 38.9 Å². The van der Waals surface area contributed by atoms with Gasteiger partial charge in [0.05, 0.1) is 20.5 Å². The van der Waals surface area contributed by atoms with E-state index in [0.29, 0.717) is 10.6 Å². The van der Waals surface area contributed by atoms with E-state index in [2.05, 4.69) is 4.52 Å². The number of aromatic hydroxyl groups is 1. The molecule has 1 aromatic rings. The first-order valence-electron chi connectivity index (χ1n) is 5.83. The second kappa shape index (κ2) is 5.93. The fraction of sp³-hybridized carbons (Fsp3) is 0.556. The molecule has 0 bridgehead atoms. The van der Waals surface area contributed by atoms with Crippen LogP contribution in [0.1, 0.15) is 6.23 Å². The molecular formula is C9H11N2O10P-2. The van der Waals surface area contributed by atoms with Gasteiger partial charge in [-0.2, -0.15) is 0 Å². The first-order chi connectivity index (χ1) is 10.1. The number of hydrogen-bond acceptors (Lipinski definition) is 10. The van der Waals surface area contributed by atoms with Crippen LogP contribution in [-0.2, 0) is 13.8 Å². The molecule has 1 aliphatic heterocycles. The van der Waals surface area contributed by atoms with Crippen LogP contribution < -0.4 is 21.0 Å². The highest BCUT2D eigenvalue weighted by molar-refractivity contribution is 7.43.